The molecule has 0 bridgehead atoms. The van der Waals surface area contributed by atoms with E-state index in [-0.39, 0.29) is 12.5 Å². The molecule has 0 aromatic heterocycles. The predicted molar refractivity (Wildman–Crippen MR) is 80.7 cm³/mol. The summed E-state index contributed by atoms with van der Waals surface area (Å²) in [5.41, 5.74) is 0.974. The van der Waals surface area contributed by atoms with Gasteiger partial charge in [-0.25, -0.2) is 0 Å². The third kappa shape index (κ3) is 4.93. The minimum Gasteiger partial charge on any atom is -0.481 e. The molecule has 6 heteroatoms. The van der Waals surface area contributed by atoms with Crippen LogP contribution in [0.1, 0.15) is 19.4 Å². The summed E-state index contributed by atoms with van der Waals surface area (Å²) in [6.07, 6.45) is -0.740. The largest absolute Gasteiger partial charge is 0.481 e. The van der Waals surface area contributed by atoms with E-state index in [1.807, 2.05) is 13.0 Å². The van der Waals surface area contributed by atoms with Crippen LogP contribution >= 0.6 is 11.6 Å². The normalized spacial score (nSPS) is 13.4. The van der Waals surface area contributed by atoms with Gasteiger partial charge in [0.05, 0.1) is 10.9 Å². The number of aryl methyl sites for hydroxylation is 1. The zero-order valence-electron chi connectivity index (χ0n) is 12.6. The fourth-order valence-corrected chi connectivity index (χ4v) is 1.99. The van der Waals surface area contributed by atoms with Crippen LogP contribution in [0.4, 0.5) is 0 Å². The molecule has 1 aromatic carbocycles. The second kappa shape index (κ2) is 7.31. The van der Waals surface area contributed by atoms with Crippen molar-refractivity contribution in [3.63, 3.8) is 0 Å². The number of carboxylic acids is 1. The number of benzene rings is 1. The molecule has 2 atom stereocenters. The lowest BCUT2D eigenvalue weighted by Gasteiger charge is -2.24. The molecule has 21 heavy (non-hydrogen) atoms. The molecule has 0 saturated heterocycles. The van der Waals surface area contributed by atoms with E-state index >= 15 is 0 Å². The van der Waals surface area contributed by atoms with Gasteiger partial charge in [-0.15, -0.1) is 0 Å². The summed E-state index contributed by atoms with van der Waals surface area (Å²) in [5, 5.41) is 9.30. The number of likely N-dealkylation sites (N-methyl/N-ethyl adjacent to an activating group) is 1. The number of hydrogen-bond acceptors (Lipinski definition) is 3. The minimum atomic E-state index is -0.940. The standard InChI is InChI=1S/C15H20ClNO4/c1-9-5-6-12(16)13(7-9)21-11(3)14(18)17(4)8-10(2)15(19)20/h5-7,10-11H,8H2,1-4H3,(H,19,20). The molecule has 2 unspecified atom stereocenters. The fourth-order valence-electron chi connectivity index (χ4n) is 1.83. The lowest BCUT2D eigenvalue weighted by molar-refractivity contribution is -0.144. The van der Waals surface area contributed by atoms with E-state index in [2.05, 4.69) is 0 Å². The van der Waals surface area contributed by atoms with Gasteiger partial charge in [-0.2, -0.15) is 0 Å². The lowest BCUT2D eigenvalue weighted by atomic mass is 10.1. The van der Waals surface area contributed by atoms with Crippen molar-refractivity contribution in [2.45, 2.75) is 26.9 Å². The van der Waals surface area contributed by atoms with E-state index in [1.54, 1.807) is 33.0 Å². The number of ether oxygens (including phenoxy) is 1. The Hall–Kier alpha value is -1.75. The van der Waals surface area contributed by atoms with Crippen molar-refractivity contribution in [3.05, 3.63) is 28.8 Å². The summed E-state index contributed by atoms with van der Waals surface area (Å²) in [4.78, 5) is 24.3. The van der Waals surface area contributed by atoms with Crippen molar-refractivity contribution in [2.75, 3.05) is 13.6 Å². The van der Waals surface area contributed by atoms with Crippen molar-refractivity contribution in [3.8, 4) is 5.75 Å². The van der Waals surface area contributed by atoms with Crippen LogP contribution in [-0.4, -0.2) is 41.6 Å². The van der Waals surface area contributed by atoms with Gasteiger partial charge in [-0.05, 0) is 31.5 Å². The first-order valence-electron chi connectivity index (χ1n) is 6.63. The molecule has 0 spiro atoms. The zero-order valence-corrected chi connectivity index (χ0v) is 13.3. The topological polar surface area (TPSA) is 66.8 Å². The molecule has 1 amide bonds. The number of nitrogens with zero attached hydrogens (tertiary/aromatic N) is 1. The van der Waals surface area contributed by atoms with E-state index in [0.717, 1.165) is 5.56 Å². The molecule has 0 aliphatic carbocycles. The lowest BCUT2D eigenvalue weighted by Crippen LogP contribution is -2.41. The number of carboxylic acid groups (broad SMARTS) is 1. The van der Waals surface area contributed by atoms with Crippen molar-refractivity contribution >= 4 is 23.5 Å². The van der Waals surface area contributed by atoms with Crippen LogP contribution < -0.4 is 4.74 Å². The molecule has 1 aromatic rings. The van der Waals surface area contributed by atoms with Crippen molar-refractivity contribution < 1.29 is 19.4 Å². The Bertz CT molecular complexity index is 532. The highest BCUT2D eigenvalue weighted by atomic mass is 35.5. The van der Waals surface area contributed by atoms with Gasteiger partial charge in [0.2, 0.25) is 0 Å². The highest BCUT2D eigenvalue weighted by Gasteiger charge is 2.23. The number of carbonyl (C=O) groups excluding carboxylic acids is 1. The maximum atomic E-state index is 12.2. The van der Waals surface area contributed by atoms with Gasteiger partial charge in [0.25, 0.3) is 5.91 Å². The molecule has 1 rings (SSSR count). The van der Waals surface area contributed by atoms with Crippen molar-refractivity contribution in [1.82, 2.24) is 4.90 Å². The second-order valence-corrected chi connectivity index (χ2v) is 5.56. The molecule has 0 aliphatic rings. The number of aliphatic carboxylic acids is 1. The molecule has 0 fully saturated rings. The van der Waals surface area contributed by atoms with Crippen LogP contribution in [0.25, 0.3) is 0 Å². The number of amides is 1. The molecular formula is C15H20ClNO4. The van der Waals surface area contributed by atoms with Crippen LogP contribution in [0.2, 0.25) is 5.02 Å². The summed E-state index contributed by atoms with van der Waals surface area (Å²) in [6.45, 7) is 5.19. The Morgan fingerprint density at radius 3 is 2.57 bits per heavy atom. The molecule has 0 aliphatic heterocycles. The molecular weight excluding hydrogens is 294 g/mol. The first-order valence-corrected chi connectivity index (χ1v) is 7.00. The summed E-state index contributed by atoms with van der Waals surface area (Å²) in [6, 6.07) is 5.31. The maximum Gasteiger partial charge on any atom is 0.308 e. The van der Waals surface area contributed by atoms with Crippen LogP contribution in [0.5, 0.6) is 5.75 Å². The molecule has 0 radical (unpaired) electrons. The van der Waals surface area contributed by atoms with Gasteiger partial charge in [0, 0.05) is 13.6 Å². The van der Waals surface area contributed by atoms with Gasteiger partial charge in [-0.1, -0.05) is 24.6 Å². The van der Waals surface area contributed by atoms with E-state index < -0.39 is 18.0 Å². The van der Waals surface area contributed by atoms with Crippen molar-refractivity contribution in [2.24, 2.45) is 5.92 Å². The molecule has 1 N–H and O–H groups in total. The monoisotopic (exact) mass is 313 g/mol. The first kappa shape index (κ1) is 17.3. The van der Waals surface area contributed by atoms with E-state index in [1.165, 1.54) is 4.90 Å². The Balaban J connectivity index is 2.70. The average Bonchev–Trinajstić information content (AvgIpc) is 2.41. The second-order valence-electron chi connectivity index (χ2n) is 5.15. The first-order chi connectivity index (χ1) is 9.72. The highest BCUT2D eigenvalue weighted by Crippen LogP contribution is 2.26. The highest BCUT2D eigenvalue weighted by molar-refractivity contribution is 6.32. The molecule has 0 heterocycles. The number of rotatable bonds is 6. The Kier molecular flexibility index (Phi) is 6.03. The van der Waals surface area contributed by atoms with Gasteiger partial charge < -0.3 is 14.7 Å². The van der Waals surface area contributed by atoms with E-state index in [9.17, 15) is 9.59 Å². The van der Waals surface area contributed by atoms with Crippen LogP contribution in [0.3, 0.4) is 0 Å². The van der Waals surface area contributed by atoms with E-state index in [4.69, 9.17) is 21.4 Å². The van der Waals surface area contributed by atoms with E-state index in [0.29, 0.717) is 10.8 Å². The van der Waals surface area contributed by atoms with Gasteiger partial charge >= 0.3 is 5.97 Å². The van der Waals surface area contributed by atoms with Crippen LogP contribution in [0.15, 0.2) is 18.2 Å². The summed E-state index contributed by atoms with van der Waals surface area (Å²) < 4.78 is 5.58. The number of carbonyl (C=O) groups is 2. The summed E-state index contributed by atoms with van der Waals surface area (Å²) in [7, 11) is 1.56. The molecule has 0 saturated carbocycles. The predicted octanol–water partition coefficient (Wildman–Crippen LogP) is 2.59. The van der Waals surface area contributed by atoms with Gasteiger partial charge in [-0.3, -0.25) is 9.59 Å². The van der Waals surface area contributed by atoms with Crippen LogP contribution in [0, 0.1) is 12.8 Å². The third-order valence-electron chi connectivity index (χ3n) is 3.08. The Morgan fingerprint density at radius 1 is 1.38 bits per heavy atom. The molecule has 5 nitrogen and oxygen atoms in total. The summed E-state index contributed by atoms with van der Waals surface area (Å²) >= 11 is 6.02. The average molecular weight is 314 g/mol. The minimum absolute atomic E-state index is 0.128. The number of halogens is 1. The SMILES string of the molecule is Cc1ccc(Cl)c(OC(C)C(=O)N(C)CC(C)C(=O)O)c1. The third-order valence-corrected chi connectivity index (χ3v) is 3.40. The van der Waals surface area contributed by atoms with Crippen molar-refractivity contribution in [1.29, 1.82) is 0 Å². The van der Waals surface area contributed by atoms with Gasteiger partial charge in [0.1, 0.15) is 5.75 Å². The molecule has 116 valence electrons. The van der Waals surface area contributed by atoms with Crippen LogP contribution in [-0.2, 0) is 9.59 Å². The smallest absolute Gasteiger partial charge is 0.308 e. The Labute approximate surface area is 129 Å². The van der Waals surface area contributed by atoms with Gasteiger partial charge in [0.15, 0.2) is 6.10 Å². The maximum absolute atomic E-state index is 12.2. The quantitative estimate of drug-likeness (QED) is 0.876. The Morgan fingerprint density at radius 2 is 2.00 bits per heavy atom. The number of hydrogen-bond donors (Lipinski definition) is 1. The zero-order chi connectivity index (χ0) is 16.2. The fraction of sp³-hybridized carbons (Fsp3) is 0.467. The summed E-state index contributed by atoms with van der Waals surface area (Å²) in [5.74, 6) is -1.42.